The van der Waals surface area contributed by atoms with Crippen LogP contribution in [0.2, 0.25) is 5.28 Å². The average molecular weight is 455 g/mol. The Morgan fingerprint density at radius 2 is 2.00 bits per heavy atom. The molecule has 8 nitrogen and oxygen atoms in total. The summed E-state index contributed by atoms with van der Waals surface area (Å²) in [4.78, 5) is 27.3. The standard InChI is InChI=1S/C20H25ClF2N6O2/c1-2-3-12-31-20(30)29-10-8-28(9-11-29)18-16(23)17(26-19(21)27-18)24-7-6-15-5-4-14(22)13-25-15/h4-5,13H,2-3,6-12H2,1H3,(H,24,26,27). The largest absolute Gasteiger partial charge is 0.449 e. The van der Waals surface area contributed by atoms with E-state index in [4.69, 9.17) is 16.3 Å². The van der Waals surface area contributed by atoms with Crippen LogP contribution in [0, 0.1) is 11.6 Å². The summed E-state index contributed by atoms with van der Waals surface area (Å²) >= 11 is 6.01. The highest BCUT2D eigenvalue weighted by Gasteiger charge is 2.26. The lowest BCUT2D eigenvalue weighted by molar-refractivity contribution is 0.0988. The molecule has 0 atom stereocenters. The van der Waals surface area contributed by atoms with Crippen LogP contribution in [-0.4, -0.2) is 65.3 Å². The molecule has 2 aromatic heterocycles. The van der Waals surface area contributed by atoms with E-state index in [1.54, 1.807) is 15.9 Å². The third kappa shape index (κ3) is 6.36. The lowest BCUT2D eigenvalue weighted by Crippen LogP contribution is -2.49. The maximum Gasteiger partial charge on any atom is 0.409 e. The monoisotopic (exact) mass is 454 g/mol. The summed E-state index contributed by atoms with van der Waals surface area (Å²) < 4.78 is 33.2. The van der Waals surface area contributed by atoms with Crippen molar-refractivity contribution in [2.45, 2.75) is 26.2 Å². The molecule has 0 spiro atoms. The van der Waals surface area contributed by atoms with Crippen molar-refractivity contribution in [1.82, 2.24) is 19.9 Å². The molecular weight excluding hydrogens is 430 g/mol. The lowest BCUT2D eigenvalue weighted by Gasteiger charge is -2.35. The first-order valence-corrected chi connectivity index (χ1v) is 10.6. The number of ether oxygens (including phenoxy) is 1. The number of halogens is 3. The fraction of sp³-hybridized carbons (Fsp3) is 0.500. The predicted octanol–water partition coefficient (Wildman–Crippen LogP) is 3.52. The molecule has 0 bridgehead atoms. The van der Waals surface area contributed by atoms with Crippen LogP contribution < -0.4 is 10.2 Å². The Labute approximate surface area is 184 Å². The number of amides is 1. The summed E-state index contributed by atoms with van der Waals surface area (Å²) in [6, 6.07) is 2.89. The summed E-state index contributed by atoms with van der Waals surface area (Å²) in [6.07, 6.45) is 3.00. The molecule has 1 aliphatic heterocycles. The number of carbonyl (C=O) groups is 1. The Morgan fingerprint density at radius 3 is 2.68 bits per heavy atom. The van der Waals surface area contributed by atoms with E-state index < -0.39 is 11.6 Å². The highest BCUT2D eigenvalue weighted by Crippen LogP contribution is 2.25. The first-order valence-electron chi connectivity index (χ1n) is 10.2. The fourth-order valence-corrected chi connectivity index (χ4v) is 3.26. The molecule has 1 aliphatic rings. The van der Waals surface area contributed by atoms with Crippen LogP contribution in [0.5, 0.6) is 0 Å². The number of nitrogens with one attached hydrogen (secondary N) is 1. The van der Waals surface area contributed by atoms with Crippen LogP contribution in [0.15, 0.2) is 18.3 Å². The maximum absolute atomic E-state index is 15.0. The van der Waals surface area contributed by atoms with E-state index in [0.717, 1.165) is 19.0 Å². The normalized spacial score (nSPS) is 13.9. The second-order valence-corrected chi connectivity index (χ2v) is 7.40. The Kier molecular flexibility index (Phi) is 8.16. The number of carbonyl (C=O) groups excluding carboxylic acids is 1. The Balaban J connectivity index is 1.57. The van der Waals surface area contributed by atoms with Gasteiger partial charge in [0.1, 0.15) is 5.82 Å². The molecule has 31 heavy (non-hydrogen) atoms. The van der Waals surface area contributed by atoms with Crippen LogP contribution >= 0.6 is 11.6 Å². The van der Waals surface area contributed by atoms with Crippen LogP contribution in [-0.2, 0) is 11.2 Å². The minimum absolute atomic E-state index is 0.0153. The molecule has 2 aromatic rings. The summed E-state index contributed by atoms with van der Waals surface area (Å²) in [5, 5.41) is 2.81. The summed E-state index contributed by atoms with van der Waals surface area (Å²) in [5.41, 5.74) is 0.664. The van der Waals surface area contributed by atoms with Gasteiger partial charge in [-0.1, -0.05) is 13.3 Å². The first-order chi connectivity index (χ1) is 15.0. The molecule has 11 heteroatoms. The molecule has 0 unspecified atom stereocenters. The molecule has 1 saturated heterocycles. The van der Waals surface area contributed by atoms with E-state index in [1.807, 2.05) is 6.92 Å². The SMILES string of the molecule is CCCCOC(=O)N1CCN(c2nc(Cl)nc(NCCc3ccc(F)cn3)c2F)CC1. The summed E-state index contributed by atoms with van der Waals surface area (Å²) in [7, 11) is 0. The summed E-state index contributed by atoms with van der Waals surface area (Å²) in [6.45, 7) is 4.33. The van der Waals surface area contributed by atoms with Gasteiger partial charge in [0.25, 0.3) is 0 Å². The predicted molar refractivity (Wildman–Crippen MR) is 113 cm³/mol. The molecule has 0 aliphatic carbocycles. The van der Waals surface area contributed by atoms with Gasteiger partial charge >= 0.3 is 6.09 Å². The van der Waals surface area contributed by atoms with Gasteiger partial charge < -0.3 is 19.9 Å². The van der Waals surface area contributed by atoms with Crippen LogP contribution in [0.25, 0.3) is 0 Å². The number of hydrogen-bond acceptors (Lipinski definition) is 7. The molecule has 1 N–H and O–H groups in total. The van der Waals surface area contributed by atoms with Gasteiger partial charge in [0, 0.05) is 44.8 Å². The van der Waals surface area contributed by atoms with E-state index in [0.29, 0.717) is 51.4 Å². The number of rotatable bonds is 8. The first kappa shape index (κ1) is 22.9. The second-order valence-electron chi connectivity index (χ2n) is 7.07. The van der Waals surface area contributed by atoms with E-state index in [1.165, 1.54) is 6.07 Å². The zero-order chi connectivity index (χ0) is 22.2. The van der Waals surface area contributed by atoms with Crippen molar-refractivity contribution in [3.63, 3.8) is 0 Å². The molecule has 1 amide bonds. The molecule has 3 heterocycles. The third-order valence-corrected chi connectivity index (χ3v) is 5.00. The van der Waals surface area contributed by atoms with E-state index in [2.05, 4.69) is 20.3 Å². The van der Waals surface area contributed by atoms with Gasteiger partial charge in [-0.2, -0.15) is 14.4 Å². The van der Waals surface area contributed by atoms with E-state index in [-0.39, 0.29) is 23.0 Å². The minimum atomic E-state index is -0.615. The van der Waals surface area contributed by atoms with E-state index >= 15 is 4.39 Å². The van der Waals surface area contributed by atoms with Gasteiger partial charge in [0.2, 0.25) is 11.1 Å². The number of aromatic nitrogens is 3. The van der Waals surface area contributed by atoms with Crippen molar-refractivity contribution in [3.8, 4) is 0 Å². The van der Waals surface area contributed by atoms with Gasteiger partial charge in [-0.25, -0.2) is 9.18 Å². The van der Waals surface area contributed by atoms with Gasteiger partial charge in [0.05, 0.1) is 12.8 Å². The smallest absolute Gasteiger partial charge is 0.409 e. The highest BCUT2D eigenvalue weighted by molar-refractivity contribution is 6.28. The lowest BCUT2D eigenvalue weighted by atomic mass is 10.2. The number of nitrogens with zero attached hydrogens (tertiary/aromatic N) is 5. The Bertz CT molecular complexity index is 879. The van der Waals surface area contributed by atoms with Crippen molar-refractivity contribution in [3.05, 3.63) is 40.9 Å². The number of hydrogen-bond donors (Lipinski definition) is 1. The maximum atomic E-state index is 15.0. The Hall–Kier alpha value is -2.75. The second kappa shape index (κ2) is 11.0. The van der Waals surface area contributed by atoms with Crippen LogP contribution in [0.3, 0.4) is 0 Å². The van der Waals surface area contributed by atoms with Crippen molar-refractivity contribution >= 4 is 29.3 Å². The highest BCUT2D eigenvalue weighted by atomic mass is 35.5. The zero-order valence-electron chi connectivity index (χ0n) is 17.3. The van der Waals surface area contributed by atoms with Gasteiger partial charge in [0.15, 0.2) is 11.6 Å². The molecule has 1 fully saturated rings. The minimum Gasteiger partial charge on any atom is -0.449 e. The van der Waals surface area contributed by atoms with Crippen molar-refractivity contribution in [1.29, 1.82) is 0 Å². The number of anilines is 2. The van der Waals surface area contributed by atoms with Gasteiger partial charge in [-0.3, -0.25) is 4.98 Å². The molecular formula is C20H25ClF2N6O2. The third-order valence-electron chi connectivity index (χ3n) is 4.83. The van der Waals surface area contributed by atoms with Crippen LogP contribution in [0.4, 0.5) is 25.2 Å². The number of pyridine rings is 1. The quantitative estimate of drug-likeness (QED) is 0.482. The fourth-order valence-electron chi connectivity index (χ4n) is 3.09. The Morgan fingerprint density at radius 1 is 1.23 bits per heavy atom. The zero-order valence-corrected chi connectivity index (χ0v) is 18.0. The molecule has 168 valence electrons. The van der Waals surface area contributed by atoms with Crippen molar-refractivity contribution < 1.29 is 18.3 Å². The number of unbranched alkanes of at least 4 members (excludes halogenated alkanes) is 1. The van der Waals surface area contributed by atoms with Crippen molar-refractivity contribution in [2.24, 2.45) is 0 Å². The van der Waals surface area contributed by atoms with Crippen molar-refractivity contribution in [2.75, 3.05) is 49.5 Å². The molecule has 0 radical (unpaired) electrons. The number of piperazine rings is 1. The van der Waals surface area contributed by atoms with Gasteiger partial charge in [-0.05, 0) is 30.2 Å². The molecule has 0 aromatic carbocycles. The molecule has 0 saturated carbocycles. The topological polar surface area (TPSA) is 83.5 Å². The summed E-state index contributed by atoms with van der Waals surface area (Å²) in [5.74, 6) is -0.959. The van der Waals surface area contributed by atoms with Gasteiger partial charge in [-0.15, -0.1) is 0 Å². The van der Waals surface area contributed by atoms with E-state index in [9.17, 15) is 9.18 Å². The molecule has 3 rings (SSSR count). The van der Waals surface area contributed by atoms with Crippen LogP contribution in [0.1, 0.15) is 25.5 Å². The average Bonchev–Trinajstić information content (AvgIpc) is 2.77.